The molecule has 0 saturated carbocycles. The number of carbonyl (C=O) groups is 1. The first-order valence-electron chi connectivity index (χ1n) is 4.57. The number of furan rings is 1. The Hall–Kier alpha value is -1.88. The van der Waals surface area contributed by atoms with Gasteiger partial charge in [0.05, 0.1) is 17.5 Å². The second-order valence-electron chi connectivity index (χ2n) is 3.19. The summed E-state index contributed by atoms with van der Waals surface area (Å²) in [5.41, 5.74) is -0.206. The zero-order chi connectivity index (χ0) is 12.4. The zero-order valence-corrected chi connectivity index (χ0v) is 9.09. The quantitative estimate of drug-likeness (QED) is 0.895. The summed E-state index contributed by atoms with van der Waals surface area (Å²) in [7, 11) is 0. The van der Waals surface area contributed by atoms with E-state index in [2.05, 4.69) is 5.32 Å². The normalized spacial score (nSPS) is 10.3. The summed E-state index contributed by atoms with van der Waals surface area (Å²) in [6.45, 7) is 0. The highest BCUT2D eigenvalue weighted by atomic mass is 35.5. The van der Waals surface area contributed by atoms with Crippen molar-refractivity contribution in [3.05, 3.63) is 52.9 Å². The first-order chi connectivity index (χ1) is 8.08. The van der Waals surface area contributed by atoms with Gasteiger partial charge < -0.3 is 9.73 Å². The Morgan fingerprint density at radius 2 is 2.06 bits per heavy atom. The van der Waals surface area contributed by atoms with Crippen molar-refractivity contribution in [1.29, 1.82) is 0 Å². The number of amides is 1. The molecule has 0 bridgehead atoms. The van der Waals surface area contributed by atoms with Crippen molar-refractivity contribution in [3.63, 3.8) is 0 Å². The van der Waals surface area contributed by atoms with Gasteiger partial charge in [0.2, 0.25) is 5.22 Å². The average molecular weight is 258 g/mol. The van der Waals surface area contributed by atoms with E-state index in [1.807, 2.05) is 0 Å². The highest BCUT2D eigenvalue weighted by molar-refractivity contribution is 6.32. The Morgan fingerprint density at radius 1 is 1.29 bits per heavy atom. The van der Waals surface area contributed by atoms with Gasteiger partial charge in [-0.1, -0.05) is 0 Å². The lowest BCUT2D eigenvalue weighted by molar-refractivity contribution is 0.102. The second kappa shape index (κ2) is 4.55. The molecule has 3 nitrogen and oxygen atoms in total. The molecule has 0 saturated heterocycles. The molecular weight excluding hydrogens is 252 g/mol. The van der Waals surface area contributed by atoms with Gasteiger partial charge in [-0.2, -0.15) is 0 Å². The largest absolute Gasteiger partial charge is 0.452 e. The molecule has 6 heteroatoms. The zero-order valence-electron chi connectivity index (χ0n) is 8.34. The third-order valence-corrected chi connectivity index (χ3v) is 2.33. The maximum atomic E-state index is 13.2. The molecule has 88 valence electrons. The van der Waals surface area contributed by atoms with Crippen LogP contribution in [0.15, 0.2) is 34.9 Å². The fourth-order valence-corrected chi connectivity index (χ4v) is 1.44. The Bertz CT molecular complexity index is 568. The van der Waals surface area contributed by atoms with Crippen LogP contribution in [-0.4, -0.2) is 5.91 Å². The predicted molar refractivity (Wildman–Crippen MR) is 58.0 cm³/mol. The van der Waals surface area contributed by atoms with Crippen LogP contribution in [0.5, 0.6) is 0 Å². The highest BCUT2D eigenvalue weighted by Crippen LogP contribution is 2.20. The standard InChI is InChI=1S/C11H6ClF2NO2/c12-10-7(3-4-17-10)11(16)15-9-5-6(13)1-2-8(9)14/h1-5H,(H,15,16). The van der Waals surface area contributed by atoms with Crippen LogP contribution in [-0.2, 0) is 0 Å². The molecule has 1 aromatic heterocycles. The van der Waals surface area contributed by atoms with E-state index in [1.54, 1.807) is 0 Å². The lowest BCUT2D eigenvalue weighted by Crippen LogP contribution is -2.12. The van der Waals surface area contributed by atoms with Crippen LogP contribution < -0.4 is 5.32 Å². The van der Waals surface area contributed by atoms with E-state index < -0.39 is 17.5 Å². The molecule has 2 aromatic rings. The fraction of sp³-hybridized carbons (Fsp3) is 0. The molecule has 17 heavy (non-hydrogen) atoms. The Labute approximate surface area is 100.0 Å². The number of nitrogens with one attached hydrogen (secondary N) is 1. The summed E-state index contributed by atoms with van der Waals surface area (Å²) >= 11 is 5.58. The monoisotopic (exact) mass is 257 g/mol. The van der Waals surface area contributed by atoms with E-state index in [9.17, 15) is 13.6 Å². The maximum Gasteiger partial charge on any atom is 0.260 e. The molecule has 2 rings (SSSR count). The molecule has 0 radical (unpaired) electrons. The van der Waals surface area contributed by atoms with Crippen LogP contribution >= 0.6 is 11.6 Å². The minimum atomic E-state index is -0.737. The number of carbonyl (C=O) groups excluding carboxylic acids is 1. The number of hydrogen-bond donors (Lipinski definition) is 1. The van der Waals surface area contributed by atoms with Crippen molar-refractivity contribution in [3.8, 4) is 0 Å². The molecule has 1 heterocycles. The molecule has 1 aromatic carbocycles. The fourth-order valence-electron chi connectivity index (χ4n) is 1.24. The minimum absolute atomic E-state index is 0.0512. The van der Waals surface area contributed by atoms with Gasteiger partial charge in [0.25, 0.3) is 5.91 Å². The first-order valence-corrected chi connectivity index (χ1v) is 4.95. The molecule has 0 aliphatic heterocycles. The summed E-state index contributed by atoms with van der Waals surface area (Å²) in [5.74, 6) is -2.06. The van der Waals surface area contributed by atoms with Crippen LogP contribution in [0.1, 0.15) is 10.4 Å². The van der Waals surface area contributed by atoms with Crippen molar-refractivity contribution < 1.29 is 18.0 Å². The number of hydrogen-bond acceptors (Lipinski definition) is 2. The molecular formula is C11H6ClF2NO2. The average Bonchev–Trinajstić information content (AvgIpc) is 2.70. The van der Waals surface area contributed by atoms with E-state index in [1.165, 1.54) is 12.3 Å². The molecule has 0 aliphatic rings. The molecule has 0 unspecified atom stereocenters. The van der Waals surface area contributed by atoms with Crippen LogP contribution in [0.2, 0.25) is 5.22 Å². The number of benzene rings is 1. The van der Waals surface area contributed by atoms with Crippen molar-refractivity contribution in [2.75, 3.05) is 5.32 Å². The molecule has 0 aliphatic carbocycles. The van der Waals surface area contributed by atoms with Crippen molar-refractivity contribution in [1.82, 2.24) is 0 Å². The predicted octanol–water partition coefficient (Wildman–Crippen LogP) is 3.46. The van der Waals surface area contributed by atoms with Crippen molar-refractivity contribution >= 4 is 23.2 Å². The second-order valence-corrected chi connectivity index (χ2v) is 3.53. The minimum Gasteiger partial charge on any atom is -0.452 e. The van der Waals surface area contributed by atoms with E-state index in [0.29, 0.717) is 0 Å². The van der Waals surface area contributed by atoms with Gasteiger partial charge in [-0.3, -0.25) is 4.79 Å². The Kier molecular flexibility index (Phi) is 3.10. The van der Waals surface area contributed by atoms with E-state index in [4.69, 9.17) is 16.0 Å². The third kappa shape index (κ3) is 2.45. The first kappa shape index (κ1) is 11.6. The SMILES string of the molecule is O=C(Nc1cc(F)ccc1F)c1ccoc1Cl. The third-order valence-electron chi connectivity index (χ3n) is 2.04. The van der Waals surface area contributed by atoms with E-state index >= 15 is 0 Å². The van der Waals surface area contributed by atoms with Gasteiger partial charge in [0, 0.05) is 6.07 Å². The topological polar surface area (TPSA) is 42.2 Å². The lowest BCUT2D eigenvalue weighted by Gasteiger charge is -2.05. The summed E-state index contributed by atoms with van der Waals surface area (Å²) in [4.78, 5) is 11.6. The van der Waals surface area contributed by atoms with Crippen LogP contribution in [0.3, 0.4) is 0 Å². The Balaban J connectivity index is 2.24. The van der Waals surface area contributed by atoms with E-state index in [-0.39, 0.29) is 16.5 Å². The van der Waals surface area contributed by atoms with Gasteiger partial charge in [0.1, 0.15) is 11.6 Å². The molecule has 1 N–H and O–H groups in total. The summed E-state index contributed by atoms with van der Waals surface area (Å²) < 4.78 is 30.8. The summed E-state index contributed by atoms with van der Waals surface area (Å²) in [6, 6.07) is 4.08. The highest BCUT2D eigenvalue weighted by Gasteiger charge is 2.15. The van der Waals surface area contributed by atoms with Crippen molar-refractivity contribution in [2.45, 2.75) is 0 Å². The maximum absolute atomic E-state index is 13.2. The van der Waals surface area contributed by atoms with Gasteiger partial charge in [-0.05, 0) is 29.8 Å². The van der Waals surface area contributed by atoms with Gasteiger partial charge in [0.15, 0.2) is 0 Å². The van der Waals surface area contributed by atoms with Crippen LogP contribution in [0.25, 0.3) is 0 Å². The van der Waals surface area contributed by atoms with Gasteiger partial charge in [-0.15, -0.1) is 0 Å². The van der Waals surface area contributed by atoms with Gasteiger partial charge >= 0.3 is 0 Å². The smallest absolute Gasteiger partial charge is 0.260 e. The number of halogens is 3. The van der Waals surface area contributed by atoms with Crippen molar-refractivity contribution in [2.24, 2.45) is 0 Å². The number of rotatable bonds is 2. The Morgan fingerprint density at radius 3 is 2.71 bits per heavy atom. The van der Waals surface area contributed by atoms with E-state index in [0.717, 1.165) is 18.2 Å². The molecule has 1 amide bonds. The van der Waals surface area contributed by atoms with Crippen LogP contribution in [0.4, 0.5) is 14.5 Å². The van der Waals surface area contributed by atoms with Gasteiger partial charge in [-0.25, -0.2) is 8.78 Å². The molecule has 0 spiro atoms. The number of anilines is 1. The molecule has 0 fully saturated rings. The lowest BCUT2D eigenvalue weighted by atomic mass is 10.2. The summed E-state index contributed by atoms with van der Waals surface area (Å²) in [6.07, 6.45) is 1.22. The summed E-state index contributed by atoms with van der Waals surface area (Å²) in [5, 5.41) is 2.08. The van der Waals surface area contributed by atoms with Crippen LogP contribution in [0, 0.1) is 11.6 Å². The molecule has 0 atom stereocenters.